The monoisotopic (exact) mass is 295 g/mol. The van der Waals surface area contributed by atoms with Gasteiger partial charge in [-0.1, -0.05) is 6.08 Å². The minimum Gasteiger partial charge on any atom is -0.375 e. The van der Waals surface area contributed by atoms with Crippen LogP contribution in [0, 0.1) is 0 Å². The summed E-state index contributed by atoms with van der Waals surface area (Å²) in [7, 11) is 0. The predicted octanol–water partition coefficient (Wildman–Crippen LogP) is 2.00. The van der Waals surface area contributed by atoms with Gasteiger partial charge in [0.25, 0.3) is 5.91 Å². The Kier molecular flexibility index (Phi) is 4.55. The number of hydrogen-bond acceptors (Lipinski definition) is 3. The van der Waals surface area contributed by atoms with E-state index in [1.165, 1.54) is 21.9 Å². The maximum atomic E-state index is 12.3. The largest absolute Gasteiger partial charge is 0.375 e. The second-order valence-corrected chi connectivity index (χ2v) is 5.82. The molecule has 1 heterocycles. The van der Waals surface area contributed by atoms with E-state index in [9.17, 15) is 4.79 Å². The normalized spacial score (nSPS) is 13.5. The maximum absolute atomic E-state index is 12.3. The van der Waals surface area contributed by atoms with Gasteiger partial charge in [0.1, 0.15) is 0 Å². The molecule has 0 aliphatic heterocycles. The van der Waals surface area contributed by atoms with Crippen LogP contribution < -0.4 is 11.2 Å². The zero-order valence-electron chi connectivity index (χ0n) is 10.6. The molecule has 0 aromatic carbocycles. The zero-order valence-corrected chi connectivity index (χ0v) is 12.3. The first-order valence-corrected chi connectivity index (χ1v) is 7.50. The van der Waals surface area contributed by atoms with Gasteiger partial charge in [-0.15, -0.1) is 17.9 Å². The van der Waals surface area contributed by atoms with Crippen LogP contribution in [0.25, 0.3) is 0 Å². The lowest BCUT2D eigenvalue weighted by molar-refractivity contribution is 0.0878. The highest BCUT2D eigenvalue weighted by atomic mass is 32.1. The first-order chi connectivity index (χ1) is 9.13. The highest BCUT2D eigenvalue weighted by Gasteiger charge is 2.21. The molecule has 0 fully saturated rings. The third-order valence-electron chi connectivity index (χ3n) is 3.12. The van der Waals surface area contributed by atoms with Crippen LogP contribution in [-0.4, -0.2) is 22.6 Å². The number of fused-ring (bicyclic) bond motifs is 1. The number of carbonyl (C=O) groups is 1. The number of hydrazine groups is 1. The fraction of sp³-hybridized carbons (Fsp3) is 0.385. The third kappa shape index (κ3) is 3.13. The van der Waals surface area contributed by atoms with Crippen molar-refractivity contribution in [3.05, 3.63) is 34.0 Å². The first-order valence-electron chi connectivity index (χ1n) is 6.21. The van der Waals surface area contributed by atoms with Gasteiger partial charge in [-0.05, 0) is 43.5 Å². The molecule has 1 aliphatic rings. The van der Waals surface area contributed by atoms with Gasteiger partial charge in [-0.3, -0.25) is 15.2 Å². The van der Waals surface area contributed by atoms with Crippen molar-refractivity contribution >= 4 is 34.6 Å². The summed E-state index contributed by atoms with van der Waals surface area (Å²) in [6.45, 7) is 4.01. The van der Waals surface area contributed by atoms with E-state index in [4.69, 9.17) is 18.0 Å². The van der Waals surface area contributed by atoms with Crippen LogP contribution in [0.4, 0.5) is 0 Å². The predicted molar refractivity (Wildman–Crippen MR) is 82.1 cm³/mol. The Morgan fingerprint density at radius 1 is 1.58 bits per heavy atom. The summed E-state index contributed by atoms with van der Waals surface area (Å²) >= 11 is 6.56. The number of aryl methyl sites for hydroxylation is 1. The van der Waals surface area contributed by atoms with E-state index < -0.39 is 0 Å². The van der Waals surface area contributed by atoms with Crippen molar-refractivity contribution < 1.29 is 4.79 Å². The molecule has 102 valence electrons. The summed E-state index contributed by atoms with van der Waals surface area (Å²) in [5.41, 5.74) is 10.2. The SMILES string of the molecule is C=CCN(NC(=O)c1csc2c1CCCC2)C(N)=S. The van der Waals surface area contributed by atoms with Gasteiger partial charge in [0, 0.05) is 10.3 Å². The Morgan fingerprint density at radius 3 is 3.00 bits per heavy atom. The molecule has 3 N–H and O–H groups in total. The number of amides is 1. The second kappa shape index (κ2) is 6.16. The molecule has 0 unspecified atom stereocenters. The molecule has 6 heteroatoms. The van der Waals surface area contributed by atoms with Crippen LogP contribution in [0.1, 0.15) is 33.6 Å². The molecule has 0 bridgehead atoms. The molecule has 0 spiro atoms. The van der Waals surface area contributed by atoms with Gasteiger partial charge in [0.05, 0.1) is 12.1 Å². The summed E-state index contributed by atoms with van der Waals surface area (Å²) in [6.07, 6.45) is 6.07. The van der Waals surface area contributed by atoms with E-state index in [2.05, 4.69) is 12.0 Å². The topological polar surface area (TPSA) is 58.4 Å². The van der Waals surface area contributed by atoms with Crippen molar-refractivity contribution in [1.29, 1.82) is 0 Å². The highest BCUT2D eigenvalue weighted by Crippen LogP contribution is 2.30. The average molecular weight is 295 g/mol. The van der Waals surface area contributed by atoms with Gasteiger partial charge in [-0.25, -0.2) is 0 Å². The summed E-state index contributed by atoms with van der Waals surface area (Å²) in [5.74, 6) is -0.144. The smallest absolute Gasteiger partial charge is 0.271 e. The van der Waals surface area contributed by atoms with Crippen molar-refractivity contribution in [3.63, 3.8) is 0 Å². The summed E-state index contributed by atoms with van der Waals surface area (Å²) in [5, 5.41) is 3.49. The summed E-state index contributed by atoms with van der Waals surface area (Å²) in [6, 6.07) is 0. The minimum absolute atomic E-state index is 0.136. The molecule has 0 saturated heterocycles. The lowest BCUT2D eigenvalue weighted by Crippen LogP contribution is -2.48. The van der Waals surface area contributed by atoms with E-state index in [1.54, 1.807) is 17.4 Å². The first kappa shape index (κ1) is 14.0. The Bertz CT molecular complexity index is 510. The molecule has 1 aliphatic carbocycles. The van der Waals surface area contributed by atoms with Crippen LogP contribution >= 0.6 is 23.6 Å². The molecule has 0 saturated carbocycles. The second-order valence-electron chi connectivity index (χ2n) is 4.44. The zero-order chi connectivity index (χ0) is 13.8. The number of rotatable bonds is 3. The van der Waals surface area contributed by atoms with Gasteiger partial charge < -0.3 is 5.73 Å². The number of carbonyl (C=O) groups excluding carboxylic acids is 1. The van der Waals surface area contributed by atoms with E-state index >= 15 is 0 Å². The van der Waals surface area contributed by atoms with Crippen LogP contribution in [-0.2, 0) is 12.8 Å². The molecule has 0 atom stereocenters. The molecule has 2 rings (SSSR count). The number of hydrogen-bond donors (Lipinski definition) is 2. The number of nitrogens with two attached hydrogens (primary N) is 1. The van der Waals surface area contributed by atoms with Gasteiger partial charge in [0.15, 0.2) is 5.11 Å². The van der Waals surface area contributed by atoms with Crippen molar-refractivity contribution in [2.45, 2.75) is 25.7 Å². The molecular formula is C13H17N3OS2. The van der Waals surface area contributed by atoms with E-state index in [0.29, 0.717) is 6.54 Å². The Hall–Kier alpha value is -1.40. The van der Waals surface area contributed by atoms with Crippen LogP contribution in [0.3, 0.4) is 0 Å². The Morgan fingerprint density at radius 2 is 2.32 bits per heavy atom. The standard InChI is InChI=1S/C13H17N3OS2/c1-2-7-16(13(14)18)15-12(17)10-8-19-11-6-4-3-5-9(10)11/h2,8H,1,3-7H2,(H2,14,18)(H,15,17). The fourth-order valence-corrected chi connectivity index (χ4v) is 3.43. The van der Waals surface area contributed by atoms with Crippen molar-refractivity contribution in [2.24, 2.45) is 5.73 Å². The van der Waals surface area contributed by atoms with Crippen LogP contribution in [0.15, 0.2) is 18.0 Å². The maximum Gasteiger partial charge on any atom is 0.271 e. The average Bonchev–Trinajstić information content (AvgIpc) is 2.81. The van der Waals surface area contributed by atoms with Crippen LogP contribution in [0.5, 0.6) is 0 Å². The minimum atomic E-state index is -0.144. The number of thiocarbonyl (C=S) groups is 1. The molecule has 1 amide bonds. The fourth-order valence-electron chi connectivity index (χ4n) is 2.19. The molecule has 1 aromatic heterocycles. The van der Waals surface area contributed by atoms with Gasteiger partial charge in [0.2, 0.25) is 0 Å². The molecule has 1 aromatic rings. The summed E-state index contributed by atoms with van der Waals surface area (Å²) in [4.78, 5) is 13.6. The molecule has 4 nitrogen and oxygen atoms in total. The Balaban J connectivity index is 2.13. The lowest BCUT2D eigenvalue weighted by Gasteiger charge is -2.22. The summed E-state index contributed by atoms with van der Waals surface area (Å²) < 4.78 is 0. The van der Waals surface area contributed by atoms with Crippen LogP contribution in [0.2, 0.25) is 0 Å². The number of nitrogens with zero attached hydrogens (tertiary/aromatic N) is 1. The van der Waals surface area contributed by atoms with Crippen molar-refractivity contribution in [2.75, 3.05) is 6.54 Å². The van der Waals surface area contributed by atoms with E-state index in [-0.39, 0.29) is 11.0 Å². The van der Waals surface area contributed by atoms with Crippen molar-refractivity contribution in [1.82, 2.24) is 10.4 Å². The van der Waals surface area contributed by atoms with E-state index in [0.717, 1.165) is 24.8 Å². The van der Waals surface area contributed by atoms with E-state index in [1.807, 2.05) is 5.38 Å². The number of nitrogens with one attached hydrogen (secondary N) is 1. The Labute approximate surface area is 122 Å². The van der Waals surface area contributed by atoms with Gasteiger partial charge in [-0.2, -0.15) is 0 Å². The molecular weight excluding hydrogens is 278 g/mol. The quantitative estimate of drug-likeness (QED) is 0.509. The number of thiophene rings is 1. The van der Waals surface area contributed by atoms with Gasteiger partial charge >= 0.3 is 0 Å². The third-order valence-corrected chi connectivity index (χ3v) is 4.43. The molecule has 0 radical (unpaired) electrons. The lowest BCUT2D eigenvalue weighted by atomic mass is 9.96. The van der Waals surface area contributed by atoms with Crippen molar-refractivity contribution in [3.8, 4) is 0 Å². The molecule has 19 heavy (non-hydrogen) atoms. The highest BCUT2D eigenvalue weighted by molar-refractivity contribution is 7.80.